The maximum Gasteiger partial charge on any atom is 0.172 e. The molecule has 1 aliphatic heterocycles. The first kappa shape index (κ1) is 32.7. The average molecular weight is 772 g/mol. The smallest absolute Gasteiger partial charge is 0.172 e. The second-order valence-electron chi connectivity index (χ2n) is 15.6. The molecule has 2 aliphatic carbocycles. The van der Waals surface area contributed by atoms with E-state index in [4.69, 9.17) is 9.47 Å². The normalized spacial score (nSPS) is 13.5. The monoisotopic (exact) mass is 771 g/mol. The van der Waals surface area contributed by atoms with E-state index >= 15 is 0 Å². The third-order valence-electron chi connectivity index (χ3n) is 12.5. The summed E-state index contributed by atoms with van der Waals surface area (Å²) in [5.41, 5.74) is 15.0. The Bertz CT molecular complexity index is 3320. The standard InChI is InChI=1S/C55H33NO2S/c1-2-14-35(15-3-1)56(48-24-12-7-16-37(48)34-26-29-54-43(30-34)41-20-8-13-25-53(41)59-54)36-27-28-49-50(31-36)58-52-33-47-42(32-51(52)57-49)40-19-6-11-23-46(40)55(47)44-21-9-4-17-38(44)39-18-5-10-22-45(39)55/h1-33H. The SMILES string of the molecule is c1ccc(N(c2ccc3c(c2)Oc2cc4c(cc2O3)-c2ccccc2C42c3ccccc3-c3ccccc32)c2ccccc2-c2ccc3sc4ccccc4c3c2)cc1. The van der Waals surface area contributed by atoms with Gasteiger partial charge in [-0.3, -0.25) is 0 Å². The predicted molar refractivity (Wildman–Crippen MR) is 242 cm³/mol. The van der Waals surface area contributed by atoms with Crippen molar-refractivity contribution in [3.63, 3.8) is 0 Å². The summed E-state index contributed by atoms with van der Waals surface area (Å²) in [4.78, 5) is 2.32. The van der Waals surface area contributed by atoms with Crippen LogP contribution < -0.4 is 14.4 Å². The molecule has 1 aromatic heterocycles. The number of benzene rings is 9. The van der Waals surface area contributed by atoms with Gasteiger partial charge in [0.25, 0.3) is 0 Å². The number of thiophene rings is 1. The van der Waals surface area contributed by atoms with Crippen LogP contribution >= 0.6 is 11.3 Å². The van der Waals surface area contributed by atoms with Crippen molar-refractivity contribution in [1.29, 1.82) is 0 Å². The molecule has 9 aromatic carbocycles. The molecular formula is C55H33NO2S. The van der Waals surface area contributed by atoms with Gasteiger partial charge in [0.1, 0.15) is 0 Å². The number of fused-ring (bicyclic) bond motifs is 15. The Morgan fingerprint density at radius 1 is 0.356 bits per heavy atom. The van der Waals surface area contributed by atoms with Crippen molar-refractivity contribution in [3.05, 3.63) is 222 Å². The van der Waals surface area contributed by atoms with E-state index in [9.17, 15) is 0 Å². The van der Waals surface area contributed by atoms with Crippen molar-refractivity contribution < 1.29 is 9.47 Å². The molecular weight excluding hydrogens is 739 g/mol. The highest BCUT2D eigenvalue weighted by atomic mass is 32.1. The van der Waals surface area contributed by atoms with Crippen LogP contribution in [0.3, 0.4) is 0 Å². The topological polar surface area (TPSA) is 21.7 Å². The van der Waals surface area contributed by atoms with Gasteiger partial charge in [0.15, 0.2) is 23.0 Å². The van der Waals surface area contributed by atoms with Crippen molar-refractivity contribution in [2.75, 3.05) is 4.90 Å². The lowest BCUT2D eigenvalue weighted by atomic mass is 9.70. The van der Waals surface area contributed by atoms with Gasteiger partial charge in [0.2, 0.25) is 0 Å². The Balaban J connectivity index is 0.951. The lowest BCUT2D eigenvalue weighted by Crippen LogP contribution is -2.25. The molecule has 0 radical (unpaired) electrons. The zero-order valence-corrected chi connectivity index (χ0v) is 32.5. The zero-order chi connectivity index (χ0) is 38.7. The maximum atomic E-state index is 6.99. The third kappa shape index (κ3) is 4.58. The molecule has 3 nitrogen and oxygen atoms in total. The average Bonchev–Trinajstić information content (AvgIpc) is 3.92. The molecule has 0 N–H and O–H groups in total. The van der Waals surface area contributed by atoms with Crippen LogP contribution in [0.1, 0.15) is 22.3 Å². The van der Waals surface area contributed by atoms with Gasteiger partial charge in [0.05, 0.1) is 16.8 Å². The summed E-state index contributed by atoms with van der Waals surface area (Å²) >= 11 is 1.84. The molecule has 0 amide bonds. The van der Waals surface area contributed by atoms with Crippen molar-refractivity contribution in [1.82, 2.24) is 0 Å². The van der Waals surface area contributed by atoms with E-state index in [1.165, 1.54) is 70.2 Å². The minimum Gasteiger partial charge on any atom is -0.449 e. The Kier molecular flexibility index (Phi) is 6.81. The second-order valence-corrected chi connectivity index (χ2v) is 16.6. The summed E-state index contributed by atoms with van der Waals surface area (Å²) in [5.74, 6) is 2.80. The summed E-state index contributed by atoms with van der Waals surface area (Å²) in [6.45, 7) is 0. The van der Waals surface area contributed by atoms with Crippen molar-refractivity contribution >= 4 is 48.6 Å². The van der Waals surface area contributed by atoms with Gasteiger partial charge >= 0.3 is 0 Å². The van der Waals surface area contributed by atoms with Crippen molar-refractivity contribution in [2.45, 2.75) is 5.41 Å². The predicted octanol–water partition coefficient (Wildman–Crippen LogP) is 15.4. The summed E-state index contributed by atoms with van der Waals surface area (Å²) in [6, 6.07) is 72.2. The number of para-hydroxylation sites is 2. The lowest BCUT2D eigenvalue weighted by Gasteiger charge is -2.31. The van der Waals surface area contributed by atoms with Crippen molar-refractivity contribution in [3.8, 4) is 56.4 Å². The number of nitrogens with zero attached hydrogens (tertiary/aromatic N) is 1. The fourth-order valence-corrected chi connectivity index (χ4v) is 11.2. The second kappa shape index (κ2) is 12.3. The van der Waals surface area contributed by atoms with Gasteiger partial charge in [-0.25, -0.2) is 0 Å². The Hall–Kier alpha value is -7.40. The van der Waals surface area contributed by atoms with Crippen LogP contribution in [-0.4, -0.2) is 0 Å². The van der Waals surface area contributed by atoms with E-state index in [0.29, 0.717) is 17.2 Å². The first-order chi connectivity index (χ1) is 29.2. The molecule has 10 aromatic rings. The Labute approximate surface area is 345 Å². The minimum absolute atomic E-state index is 0.466. The molecule has 3 aliphatic rings. The van der Waals surface area contributed by atoms with Crippen LogP contribution in [0.4, 0.5) is 17.1 Å². The quantitative estimate of drug-likeness (QED) is 0.178. The molecule has 0 saturated heterocycles. The molecule has 0 unspecified atom stereocenters. The van der Waals surface area contributed by atoms with Gasteiger partial charge < -0.3 is 14.4 Å². The van der Waals surface area contributed by atoms with E-state index in [-0.39, 0.29) is 0 Å². The van der Waals surface area contributed by atoms with E-state index in [1.807, 2.05) is 17.4 Å². The Morgan fingerprint density at radius 2 is 0.932 bits per heavy atom. The van der Waals surface area contributed by atoms with Crippen LogP contribution in [0.5, 0.6) is 23.0 Å². The number of rotatable bonds is 4. The summed E-state index contributed by atoms with van der Waals surface area (Å²) in [5, 5.41) is 2.57. The summed E-state index contributed by atoms with van der Waals surface area (Å²) < 4.78 is 16.4. The largest absolute Gasteiger partial charge is 0.449 e. The first-order valence-corrected chi connectivity index (χ1v) is 20.9. The summed E-state index contributed by atoms with van der Waals surface area (Å²) in [6.07, 6.45) is 0. The molecule has 13 rings (SSSR count). The highest BCUT2D eigenvalue weighted by Crippen LogP contribution is 2.64. The van der Waals surface area contributed by atoms with E-state index in [1.54, 1.807) is 0 Å². The highest BCUT2D eigenvalue weighted by Gasteiger charge is 2.52. The van der Waals surface area contributed by atoms with Gasteiger partial charge in [-0.2, -0.15) is 0 Å². The van der Waals surface area contributed by atoms with E-state index in [0.717, 1.165) is 28.4 Å². The minimum atomic E-state index is -0.466. The number of hydrogen-bond donors (Lipinski definition) is 0. The molecule has 0 bridgehead atoms. The molecule has 0 fully saturated rings. The molecule has 0 atom stereocenters. The fraction of sp³-hybridized carbons (Fsp3) is 0.0182. The lowest BCUT2D eigenvalue weighted by molar-refractivity contribution is 0.359. The van der Waals surface area contributed by atoms with Gasteiger partial charge in [0, 0.05) is 37.5 Å². The van der Waals surface area contributed by atoms with Crippen molar-refractivity contribution in [2.24, 2.45) is 0 Å². The molecule has 2 heterocycles. The van der Waals surface area contributed by atoms with Crippen LogP contribution in [0.15, 0.2) is 200 Å². The first-order valence-electron chi connectivity index (χ1n) is 20.1. The molecule has 0 saturated carbocycles. The van der Waals surface area contributed by atoms with Gasteiger partial charge in [-0.15, -0.1) is 11.3 Å². The third-order valence-corrected chi connectivity index (χ3v) is 13.7. The van der Waals surface area contributed by atoms with Crippen LogP contribution in [0, 0.1) is 0 Å². The number of hydrogen-bond acceptors (Lipinski definition) is 4. The maximum absolute atomic E-state index is 6.99. The Morgan fingerprint density at radius 3 is 1.69 bits per heavy atom. The molecule has 59 heavy (non-hydrogen) atoms. The number of anilines is 3. The van der Waals surface area contributed by atoms with Crippen LogP contribution in [0.2, 0.25) is 0 Å². The number of ether oxygens (including phenoxy) is 2. The zero-order valence-electron chi connectivity index (χ0n) is 31.7. The van der Waals surface area contributed by atoms with Crippen LogP contribution in [0.25, 0.3) is 53.6 Å². The fourth-order valence-electron chi connectivity index (χ4n) is 10.1. The van der Waals surface area contributed by atoms with E-state index < -0.39 is 5.41 Å². The summed E-state index contributed by atoms with van der Waals surface area (Å²) in [7, 11) is 0. The molecule has 4 heteroatoms. The van der Waals surface area contributed by atoms with E-state index in [2.05, 4.69) is 199 Å². The molecule has 276 valence electrons. The van der Waals surface area contributed by atoms with Gasteiger partial charge in [-0.05, 0) is 111 Å². The van der Waals surface area contributed by atoms with Crippen LogP contribution in [-0.2, 0) is 5.41 Å². The highest BCUT2D eigenvalue weighted by molar-refractivity contribution is 7.25. The molecule has 1 spiro atoms. The van der Waals surface area contributed by atoms with Gasteiger partial charge in [-0.1, -0.05) is 133 Å².